The maximum Gasteiger partial charge on any atom is 0.309 e. The van der Waals surface area contributed by atoms with Gasteiger partial charge >= 0.3 is 5.97 Å². The van der Waals surface area contributed by atoms with Crippen molar-refractivity contribution in [1.82, 2.24) is 9.97 Å². The normalized spacial score (nSPS) is 16.5. The van der Waals surface area contributed by atoms with Crippen LogP contribution in [0, 0.1) is 5.92 Å². The Labute approximate surface area is 106 Å². The molecule has 1 aliphatic carbocycles. The second-order valence-electron chi connectivity index (χ2n) is 4.76. The lowest BCUT2D eigenvalue weighted by Gasteiger charge is -2.19. The molecule has 0 spiro atoms. The number of ether oxygens (including phenoxy) is 1. The Morgan fingerprint density at radius 2 is 2.11 bits per heavy atom. The number of rotatable bonds is 4. The maximum atomic E-state index is 11.8. The lowest BCUT2D eigenvalue weighted by molar-refractivity contribution is -0.151. The van der Waals surface area contributed by atoms with Crippen LogP contribution in [0.3, 0.4) is 0 Å². The molecule has 0 bridgehead atoms. The molecule has 1 aromatic heterocycles. The molecule has 0 aliphatic heterocycles. The van der Waals surface area contributed by atoms with E-state index in [4.69, 9.17) is 4.74 Å². The summed E-state index contributed by atoms with van der Waals surface area (Å²) in [4.78, 5) is 29.6. The number of Topliss-reactive ketones (excluding diaryl/α,β-unsaturated/α-hetero) is 1. The van der Waals surface area contributed by atoms with Crippen LogP contribution in [0.1, 0.15) is 55.3 Å². The molecule has 1 saturated carbocycles. The largest absolute Gasteiger partial charge is 0.459 e. The Hall–Kier alpha value is -1.65. The first-order valence-electron chi connectivity index (χ1n) is 6.38. The predicted octanol–water partition coefficient (Wildman–Crippen LogP) is 2.24. The minimum absolute atomic E-state index is 0.0500. The van der Waals surface area contributed by atoms with Crippen LogP contribution < -0.4 is 0 Å². The average molecular weight is 250 g/mol. The van der Waals surface area contributed by atoms with Crippen molar-refractivity contribution in [3.63, 3.8) is 0 Å². The fourth-order valence-electron chi connectivity index (χ4n) is 2.22. The molecule has 0 atom stereocenters. The molecule has 0 unspecified atom stereocenters. The van der Waals surface area contributed by atoms with Gasteiger partial charge in [0.15, 0.2) is 11.6 Å². The molecule has 0 saturated heterocycles. The van der Waals surface area contributed by atoms with E-state index in [1.54, 1.807) is 0 Å². The van der Waals surface area contributed by atoms with Crippen molar-refractivity contribution in [3.05, 3.63) is 17.7 Å². The Morgan fingerprint density at radius 1 is 1.39 bits per heavy atom. The van der Waals surface area contributed by atoms with Crippen molar-refractivity contribution in [2.24, 2.45) is 5.92 Å². The molecule has 18 heavy (non-hydrogen) atoms. The molecule has 1 fully saturated rings. The van der Waals surface area contributed by atoms with Crippen LogP contribution >= 0.6 is 0 Å². The number of esters is 1. The Morgan fingerprint density at radius 3 is 2.72 bits per heavy atom. The van der Waals surface area contributed by atoms with E-state index in [0.29, 0.717) is 11.5 Å². The van der Waals surface area contributed by atoms with Crippen LogP contribution in [0.2, 0.25) is 0 Å². The molecule has 98 valence electrons. The number of nitrogens with zero attached hydrogens (tertiary/aromatic N) is 1. The molecular weight excluding hydrogens is 232 g/mol. The van der Waals surface area contributed by atoms with Crippen molar-refractivity contribution in [2.75, 3.05) is 0 Å². The number of carbonyl (C=O) groups is 2. The van der Waals surface area contributed by atoms with Crippen LogP contribution in [-0.4, -0.2) is 21.7 Å². The first-order valence-corrected chi connectivity index (χ1v) is 6.38. The van der Waals surface area contributed by atoms with Gasteiger partial charge in [-0.15, -0.1) is 0 Å². The van der Waals surface area contributed by atoms with Crippen LogP contribution in [0.5, 0.6) is 0 Å². The van der Waals surface area contributed by atoms with Gasteiger partial charge in [-0.2, -0.15) is 0 Å². The molecule has 1 aromatic rings. The molecule has 5 nitrogen and oxygen atoms in total. The summed E-state index contributed by atoms with van der Waals surface area (Å²) in [6.45, 7) is 1.60. The molecule has 0 amide bonds. The first kappa shape index (κ1) is 12.8. The number of H-pyrrole nitrogens is 1. The summed E-state index contributed by atoms with van der Waals surface area (Å²) in [6.07, 6.45) is 6.83. The van der Waals surface area contributed by atoms with E-state index in [1.807, 2.05) is 0 Å². The van der Waals surface area contributed by atoms with Crippen molar-refractivity contribution >= 4 is 11.8 Å². The molecule has 0 radical (unpaired) electrons. The molecule has 1 heterocycles. The molecular formula is C13H18N2O3. The lowest BCUT2D eigenvalue weighted by Crippen LogP contribution is -2.20. The highest BCUT2D eigenvalue weighted by molar-refractivity contribution is 5.90. The van der Waals surface area contributed by atoms with Gasteiger partial charge in [-0.1, -0.05) is 19.3 Å². The van der Waals surface area contributed by atoms with Crippen LogP contribution in [-0.2, 0) is 16.1 Å². The number of aromatic nitrogens is 2. The summed E-state index contributed by atoms with van der Waals surface area (Å²) in [5.41, 5.74) is 0.657. The molecule has 1 N–H and O–H groups in total. The minimum atomic E-state index is -0.131. The van der Waals surface area contributed by atoms with Gasteiger partial charge in [0.2, 0.25) is 0 Å². The second kappa shape index (κ2) is 5.80. The van der Waals surface area contributed by atoms with Crippen LogP contribution in [0.25, 0.3) is 0 Å². The van der Waals surface area contributed by atoms with Gasteiger partial charge in [0.05, 0.1) is 17.8 Å². The highest BCUT2D eigenvalue weighted by atomic mass is 16.5. The van der Waals surface area contributed by atoms with Crippen molar-refractivity contribution in [1.29, 1.82) is 0 Å². The summed E-state index contributed by atoms with van der Waals surface area (Å²) in [5, 5.41) is 0. The third-order valence-electron chi connectivity index (χ3n) is 3.27. The summed E-state index contributed by atoms with van der Waals surface area (Å²) in [5.74, 6) is 0.0983. The second-order valence-corrected chi connectivity index (χ2v) is 4.76. The van der Waals surface area contributed by atoms with E-state index in [-0.39, 0.29) is 24.3 Å². The Bertz CT molecular complexity index is 433. The average Bonchev–Trinajstić information content (AvgIpc) is 2.86. The van der Waals surface area contributed by atoms with Crippen molar-refractivity contribution in [2.45, 2.75) is 45.6 Å². The summed E-state index contributed by atoms with van der Waals surface area (Å²) in [7, 11) is 0. The third-order valence-corrected chi connectivity index (χ3v) is 3.27. The Kier molecular flexibility index (Phi) is 4.12. The Balaban J connectivity index is 1.82. The lowest BCUT2D eigenvalue weighted by atomic mass is 9.89. The van der Waals surface area contributed by atoms with Crippen molar-refractivity contribution in [3.8, 4) is 0 Å². The highest BCUT2D eigenvalue weighted by Gasteiger charge is 2.22. The minimum Gasteiger partial charge on any atom is -0.459 e. The number of carbonyl (C=O) groups excluding carboxylic acids is 2. The van der Waals surface area contributed by atoms with E-state index in [2.05, 4.69) is 9.97 Å². The number of nitrogens with one attached hydrogen (secondary N) is 1. The monoisotopic (exact) mass is 250 g/mol. The number of hydrogen-bond donors (Lipinski definition) is 1. The van der Waals surface area contributed by atoms with Gasteiger partial charge in [-0.25, -0.2) is 4.98 Å². The topological polar surface area (TPSA) is 72.0 Å². The van der Waals surface area contributed by atoms with Crippen LogP contribution in [0.4, 0.5) is 0 Å². The highest BCUT2D eigenvalue weighted by Crippen LogP contribution is 2.24. The van der Waals surface area contributed by atoms with E-state index in [9.17, 15) is 9.59 Å². The fraction of sp³-hybridized carbons (Fsp3) is 0.615. The summed E-state index contributed by atoms with van der Waals surface area (Å²) >= 11 is 0. The van der Waals surface area contributed by atoms with Gasteiger partial charge < -0.3 is 9.72 Å². The van der Waals surface area contributed by atoms with Crippen LogP contribution in [0.15, 0.2) is 6.20 Å². The predicted molar refractivity (Wildman–Crippen MR) is 65.0 cm³/mol. The van der Waals surface area contributed by atoms with Gasteiger partial charge in [-0.05, 0) is 12.8 Å². The van der Waals surface area contributed by atoms with Gasteiger partial charge in [0.1, 0.15) is 6.61 Å². The maximum absolute atomic E-state index is 11.8. The standard InChI is InChI=1S/C13H18N2O3/c1-9(16)12-14-7-11(15-12)8-18-13(17)10-5-3-2-4-6-10/h7,10H,2-6,8H2,1H3,(H,14,15). The van der Waals surface area contributed by atoms with E-state index >= 15 is 0 Å². The van der Waals surface area contributed by atoms with Gasteiger partial charge in [0, 0.05) is 6.92 Å². The summed E-state index contributed by atoms with van der Waals surface area (Å²) in [6, 6.07) is 0. The van der Waals surface area contributed by atoms with Gasteiger partial charge in [0.25, 0.3) is 0 Å². The number of ketones is 1. The van der Waals surface area contributed by atoms with E-state index in [1.165, 1.54) is 19.5 Å². The van der Waals surface area contributed by atoms with E-state index in [0.717, 1.165) is 25.7 Å². The summed E-state index contributed by atoms with van der Waals surface area (Å²) < 4.78 is 5.24. The third kappa shape index (κ3) is 3.18. The van der Waals surface area contributed by atoms with Gasteiger partial charge in [-0.3, -0.25) is 9.59 Å². The SMILES string of the molecule is CC(=O)c1ncc(COC(=O)C2CCCCC2)[nH]1. The van der Waals surface area contributed by atoms with Crippen molar-refractivity contribution < 1.29 is 14.3 Å². The number of aromatic amines is 1. The molecule has 2 rings (SSSR count). The number of hydrogen-bond acceptors (Lipinski definition) is 4. The van der Waals surface area contributed by atoms with E-state index < -0.39 is 0 Å². The fourth-order valence-corrected chi connectivity index (χ4v) is 2.22. The quantitative estimate of drug-likeness (QED) is 0.657. The molecule has 5 heteroatoms. The zero-order valence-corrected chi connectivity index (χ0v) is 10.6. The molecule has 1 aliphatic rings. The zero-order chi connectivity index (χ0) is 13.0. The zero-order valence-electron chi connectivity index (χ0n) is 10.6. The first-order chi connectivity index (χ1) is 8.66. The number of imidazole rings is 1. The smallest absolute Gasteiger partial charge is 0.309 e. The molecule has 0 aromatic carbocycles.